The molecule has 2 saturated heterocycles. The standard InChI is InChI=1S/C32H53N2O6SSi2/c1-31(2,3)42(7,8)38-20-25-24(40-43(9,10)32(4,5)6)19-26(39-25)34-29(41-17-16-35)27(28(36)33-30(34)37)23-18-22(23)21-14-12-11-13-15-21/h11-15,22-26,29,35H,16-20H2,1-10H3,(H,33,36,37)/t22?,23?,24-,25+,26+,29?/m0/s1. The summed E-state index contributed by atoms with van der Waals surface area (Å²) in [7, 11) is -4.25. The molecule has 3 amide bonds. The average Bonchev–Trinajstić information content (AvgIpc) is 3.58. The van der Waals surface area contributed by atoms with E-state index >= 15 is 0 Å². The van der Waals surface area contributed by atoms with Crippen LogP contribution in [0, 0.1) is 11.8 Å². The van der Waals surface area contributed by atoms with Gasteiger partial charge >= 0.3 is 6.03 Å². The van der Waals surface area contributed by atoms with Crippen LogP contribution in [0.4, 0.5) is 4.79 Å². The van der Waals surface area contributed by atoms with Crippen LogP contribution >= 0.6 is 11.8 Å². The van der Waals surface area contributed by atoms with E-state index in [1.807, 2.05) is 18.2 Å². The maximum Gasteiger partial charge on any atom is 0.327 e. The third kappa shape index (κ3) is 7.61. The van der Waals surface area contributed by atoms with Crippen molar-refractivity contribution in [2.75, 3.05) is 19.0 Å². The van der Waals surface area contributed by atoms with Gasteiger partial charge in [-0.15, -0.1) is 11.8 Å². The van der Waals surface area contributed by atoms with Gasteiger partial charge in [-0.3, -0.25) is 15.0 Å². The average molecular weight is 650 g/mol. The smallest absolute Gasteiger partial charge is 0.327 e. The fourth-order valence-electron chi connectivity index (χ4n) is 5.38. The lowest BCUT2D eigenvalue weighted by Crippen LogP contribution is -2.62. The second-order valence-corrected chi connectivity index (χ2v) is 26.0. The van der Waals surface area contributed by atoms with Crippen LogP contribution in [0.1, 0.15) is 65.9 Å². The number of hydrogen-bond acceptors (Lipinski definition) is 7. The van der Waals surface area contributed by atoms with Gasteiger partial charge in [-0.2, -0.15) is 0 Å². The van der Waals surface area contributed by atoms with Crippen molar-refractivity contribution in [1.29, 1.82) is 0 Å². The topological polar surface area (TPSA) is 97.3 Å². The highest BCUT2D eigenvalue weighted by Crippen LogP contribution is 2.56. The lowest BCUT2D eigenvalue weighted by Gasteiger charge is -2.42. The molecule has 241 valence electrons. The zero-order valence-electron chi connectivity index (χ0n) is 27.7. The maximum atomic E-state index is 13.6. The first-order valence-electron chi connectivity index (χ1n) is 15.6. The number of imide groups is 1. The molecule has 2 N–H and O–H groups in total. The van der Waals surface area contributed by atoms with Crippen LogP contribution in [0.25, 0.3) is 0 Å². The lowest BCUT2D eigenvalue weighted by atomic mass is 9.95. The number of carbonyl (C=O) groups excluding carboxylic acids is 2. The van der Waals surface area contributed by atoms with E-state index in [4.69, 9.17) is 13.6 Å². The molecule has 0 aromatic heterocycles. The zero-order chi connectivity index (χ0) is 32.0. The number of rotatable bonds is 11. The number of amides is 3. The van der Waals surface area contributed by atoms with E-state index in [0.29, 0.717) is 24.7 Å². The number of aliphatic hydroxyl groups is 1. The molecule has 2 aliphatic heterocycles. The molecule has 2 heterocycles. The number of urea groups is 1. The Balaban J connectivity index is 1.61. The third-order valence-corrected chi connectivity index (χ3v) is 20.4. The van der Waals surface area contributed by atoms with E-state index in [0.717, 1.165) is 6.42 Å². The number of nitrogens with zero attached hydrogens (tertiary/aromatic N) is 1. The van der Waals surface area contributed by atoms with Gasteiger partial charge in [0, 0.05) is 12.2 Å². The van der Waals surface area contributed by atoms with Gasteiger partial charge in [0.1, 0.15) is 18.2 Å². The summed E-state index contributed by atoms with van der Waals surface area (Å²) in [5, 5.41) is 11.9. The largest absolute Gasteiger partial charge is 0.414 e. The van der Waals surface area contributed by atoms with Gasteiger partial charge in [-0.25, -0.2) is 4.79 Å². The summed E-state index contributed by atoms with van der Waals surface area (Å²) in [6.45, 7) is 22.6. The Labute approximate surface area is 265 Å². The molecule has 1 saturated carbocycles. The molecule has 1 aromatic carbocycles. The van der Waals surface area contributed by atoms with Gasteiger partial charge < -0.3 is 18.7 Å². The molecule has 3 aliphatic rings. The number of hydrogen-bond donors (Lipinski definition) is 2. The van der Waals surface area contributed by atoms with Gasteiger partial charge in [-0.05, 0) is 60.1 Å². The monoisotopic (exact) mass is 649 g/mol. The Hall–Kier alpha value is -1.22. The molecule has 0 bridgehead atoms. The van der Waals surface area contributed by atoms with Crippen LogP contribution in [-0.4, -0.2) is 81.4 Å². The molecule has 1 aliphatic carbocycles. The Bertz CT molecular complexity index is 1140. The summed E-state index contributed by atoms with van der Waals surface area (Å²) in [6.07, 6.45) is 0.178. The predicted molar refractivity (Wildman–Crippen MR) is 178 cm³/mol. The minimum absolute atomic E-state index is 0.00370. The second-order valence-electron chi connectivity index (χ2n) is 15.3. The minimum Gasteiger partial charge on any atom is -0.414 e. The lowest BCUT2D eigenvalue weighted by molar-refractivity contribution is -0.122. The Morgan fingerprint density at radius 2 is 1.60 bits per heavy atom. The number of ether oxygens (including phenoxy) is 1. The number of aliphatic hydroxyl groups excluding tert-OH is 1. The summed E-state index contributed by atoms with van der Waals surface area (Å²) in [5.74, 6) is 1.05. The Kier molecular flexibility index (Phi) is 10.4. The zero-order valence-corrected chi connectivity index (χ0v) is 30.5. The first-order valence-corrected chi connectivity index (χ1v) is 22.5. The van der Waals surface area contributed by atoms with Gasteiger partial charge in [0.2, 0.25) is 5.91 Å². The first-order chi connectivity index (χ1) is 19.9. The van der Waals surface area contributed by atoms with Crippen LogP contribution in [-0.2, 0) is 18.4 Å². The predicted octanol–water partition coefficient (Wildman–Crippen LogP) is 6.50. The number of nitrogens with one attached hydrogen (secondary N) is 1. The van der Waals surface area contributed by atoms with Crippen molar-refractivity contribution in [3.05, 3.63) is 41.8 Å². The number of benzene rings is 1. The summed E-state index contributed by atoms with van der Waals surface area (Å²) >= 11 is 1.44. The summed E-state index contributed by atoms with van der Waals surface area (Å²) < 4.78 is 20.3. The summed E-state index contributed by atoms with van der Waals surface area (Å²) in [4.78, 5) is 28.7. The van der Waals surface area contributed by atoms with Crippen LogP contribution in [0.3, 0.4) is 0 Å². The first kappa shape index (κ1) is 34.7. The SMILES string of the molecule is CC(C)(C)[Si](C)(C)OC[C@H]1O[C@@H](N2C(=O)NC(=O)[C](C3CC3c3ccccc3)C2SCCO)C[C@@H]1O[Si](C)(C)C(C)(C)C. The molecule has 43 heavy (non-hydrogen) atoms. The normalized spacial score (nSPS) is 29.2. The molecule has 3 fully saturated rings. The molecule has 6 atom stereocenters. The summed E-state index contributed by atoms with van der Waals surface area (Å²) in [5.41, 5.74) is 1.20. The molecule has 1 radical (unpaired) electrons. The van der Waals surface area contributed by atoms with Crippen molar-refractivity contribution in [2.45, 2.75) is 120 Å². The van der Waals surface area contributed by atoms with Crippen LogP contribution in [0.2, 0.25) is 36.3 Å². The second kappa shape index (κ2) is 12.9. The van der Waals surface area contributed by atoms with Crippen molar-refractivity contribution in [1.82, 2.24) is 10.2 Å². The number of carbonyl (C=O) groups is 2. The fraction of sp³-hybridized carbons (Fsp3) is 0.719. The highest BCUT2D eigenvalue weighted by Gasteiger charge is 2.58. The molecule has 4 rings (SSSR count). The minimum atomic E-state index is -2.18. The molecular weight excluding hydrogens is 597 g/mol. The quantitative estimate of drug-likeness (QED) is 0.264. The van der Waals surface area contributed by atoms with Gasteiger partial charge in [0.05, 0.1) is 24.7 Å². The molecule has 1 aromatic rings. The van der Waals surface area contributed by atoms with E-state index in [2.05, 4.69) is 85.2 Å². The molecule has 8 nitrogen and oxygen atoms in total. The van der Waals surface area contributed by atoms with E-state index < -0.39 is 34.3 Å². The van der Waals surface area contributed by atoms with Crippen LogP contribution < -0.4 is 5.32 Å². The van der Waals surface area contributed by atoms with Crippen molar-refractivity contribution in [3.8, 4) is 0 Å². The molecule has 11 heteroatoms. The van der Waals surface area contributed by atoms with E-state index in [-0.39, 0.29) is 46.6 Å². The number of thioether (sulfide) groups is 1. The van der Waals surface area contributed by atoms with Gasteiger partial charge in [0.15, 0.2) is 16.6 Å². The maximum absolute atomic E-state index is 13.6. The summed E-state index contributed by atoms with van der Waals surface area (Å²) in [6, 6.07) is 9.77. The van der Waals surface area contributed by atoms with Crippen molar-refractivity contribution in [2.24, 2.45) is 5.92 Å². The Morgan fingerprint density at radius 3 is 2.19 bits per heavy atom. The van der Waals surface area contributed by atoms with Crippen LogP contribution in [0.5, 0.6) is 0 Å². The van der Waals surface area contributed by atoms with E-state index in [1.54, 1.807) is 4.90 Å². The third-order valence-electron chi connectivity index (χ3n) is 10.2. The van der Waals surface area contributed by atoms with Gasteiger partial charge in [-0.1, -0.05) is 71.9 Å². The van der Waals surface area contributed by atoms with Crippen molar-refractivity contribution in [3.63, 3.8) is 0 Å². The van der Waals surface area contributed by atoms with E-state index in [9.17, 15) is 14.7 Å². The van der Waals surface area contributed by atoms with E-state index in [1.165, 1.54) is 17.3 Å². The van der Waals surface area contributed by atoms with Crippen molar-refractivity contribution >= 4 is 40.3 Å². The molecule has 0 spiro atoms. The highest BCUT2D eigenvalue weighted by atomic mass is 32.2. The molecular formula is C32H53N2O6SSi2. The highest BCUT2D eigenvalue weighted by molar-refractivity contribution is 8.00. The van der Waals surface area contributed by atoms with Crippen LogP contribution in [0.15, 0.2) is 30.3 Å². The van der Waals surface area contributed by atoms with Gasteiger partial charge in [0.25, 0.3) is 0 Å². The van der Waals surface area contributed by atoms with Crippen molar-refractivity contribution < 1.29 is 28.3 Å². The molecule has 3 unspecified atom stereocenters. The Morgan fingerprint density at radius 1 is 0.977 bits per heavy atom. The fourth-order valence-corrected chi connectivity index (χ4v) is 8.94.